The SMILES string of the molecule is Cc1ncc(C(=O)NCC[C@H]2CCC(=O)N2CCN(C)C)c(C)n1. The van der Waals surface area contributed by atoms with Crippen LogP contribution < -0.4 is 5.32 Å². The molecule has 132 valence electrons. The van der Waals surface area contributed by atoms with E-state index < -0.39 is 0 Å². The molecule has 0 spiro atoms. The molecule has 1 aromatic rings. The number of rotatable bonds is 7. The van der Waals surface area contributed by atoms with Crippen molar-refractivity contribution in [1.82, 2.24) is 25.1 Å². The Morgan fingerprint density at radius 3 is 2.83 bits per heavy atom. The van der Waals surface area contributed by atoms with Crippen molar-refractivity contribution in [2.45, 2.75) is 39.2 Å². The Labute approximate surface area is 143 Å². The molecule has 1 saturated heterocycles. The molecular weight excluding hydrogens is 306 g/mol. The minimum absolute atomic E-state index is 0.156. The third-order valence-corrected chi connectivity index (χ3v) is 4.35. The van der Waals surface area contributed by atoms with Gasteiger partial charge in [0, 0.05) is 38.3 Å². The minimum atomic E-state index is -0.156. The van der Waals surface area contributed by atoms with E-state index in [1.807, 2.05) is 25.9 Å². The van der Waals surface area contributed by atoms with Crippen molar-refractivity contribution >= 4 is 11.8 Å². The summed E-state index contributed by atoms with van der Waals surface area (Å²) in [6.45, 7) is 5.75. The summed E-state index contributed by atoms with van der Waals surface area (Å²) in [5.41, 5.74) is 1.19. The molecule has 0 saturated carbocycles. The summed E-state index contributed by atoms with van der Waals surface area (Å²) >= 11 is 0. The van der Waals surface area contributed by atoms with Crippen LogP contribution in [0.25, 0.3) is 0 Å². The number of nitrogens with one attached hydrogen (secondary N) is 1. The average molecular weight is 333 g/mol. The Hall–Kier alpha value is -2.02. The molecule has 1 aliphatic rings. The van der Waals surface area contributed by atoms with Crippen molar-refractivity contribution in [2.24, 2.45) is 0 Å². The molecule has 0 radical (unpaired) electrons. The molecule has 1 fully saturated rings. The van der Waals surface area contributed by atoms with E-state index in [-0.39, 0.29) is 17.9 Å². The summed E-state index contributed by atoms with van der Waals surface area (Å²) in [5, 5.41) is 2.92. The van der Waals surface area contributed by atoms with E-state index >= 15 is 0 Å². The molecule has 2 heterocycles. The van der Waals surface area contributed by atoms with Gasteiger partial charge in [0.25, 0.3) is 5.91 Å². The fourth-order valence-electron chi connectivity index (χ4n) is 2.96. The van der Waals surface area contributed by atoms with Gasteiger partial charge in [0.15, 0.2) is 0 Å². The van der Waals surface area contributed by atoms with Gasteiger partial charge in [0.1, 0.15) is 5.82 Å². The van der Waals surface area contributed by atoms with Gasteiger partial charge in [0.05, 0.1) is 11.3 Å². The fraction of sp³-hybridized carbons (Fsp3) is 0.647. The molecule has 2 amide bonds. The van der Waals surface area contributed by atoms with Gasteiger partial charge >= 0.3 is 0 Å². The molecule has 0 aromatic carbocycles. The van der Waals surface area contributed by atoms with Crippen molar-refractivity contribution in [1.29, 1.82) is 0 Å². The zero-order valence-electron chi connectivity index (χ0n) is 15.0. The third kappa shape index (κ3) is 4.74. The molecule has 0 unspecified atom stereocenters. The number of carbonyl (C=O) groups excluding carboxylic acids is 2. The van der Waals surface area contributed by atoms with Crippen molar-refractivity contribution < 1.29 is 9.59 Å². The predicted octanol–water partition coefficient (Wildman–Crippen LogP) is 0.766. The molecule has 0 aliphatic carbocycles. The second-order valence-electron chi connectivity index (χ2n) is 6.54. The summed E-state index contributed by atoms with van der Waals surface area (Å²) in [6.07, 6.45) is 3.82. The van der Waals surface area contributed by atoms with Crippen LogP contribution in [0.3, 0.4) is 0 Å². The van der Waals surface area contributed by atoms with Gasteiger partial charge in [-0.25, -0.2) is 9.97 Å². The second-order valence-corrected chi connectivity index (χ2v) is 6.54. The highest BCUT2D eigenvalue weighted by Gasteiger charge is 2.30. The van der Waals surface area contributed by atoms with E-state index in [4.69, 9.17) is 0 Å². The lowest BCUT2D eigenvalue weighted by atomic mass is 10.1. The maximum atomic E-state index is 12.2. The van der Waals surface area contributed by atoms with E-state index in [9.17, 15) is 9.59 Å². The molecule has 0 bridgehead atoms. The quantitative estimate of drug-likeness (QED) is 0.797. The molecule has 7 heteroatoms. The average Bonchev–Trinajstić information content (AvgIpc) is 2.85. The van der Waals surface area contributed by atoms with Gasteiger partial charge in [-0.15, -0.1) is 0 Å². The van der Waals surface area contributed by atoms with Crippen LogP contribution in [0.1, 0.15) is 41.1 Å². The van der Waals surface area contributed by atoms with E-state index in [0.717, 1.165) is 25.9 Å². The van der Waals surface area contributed by atoms with E-state index in [2.05, 4.69) is 20.2 Å². The first-order chi connectivity index (χ1) is 11.4. The second kappa shape index (κ2) is 8.19. The summed E-state index contributed by atoms with van der Waals surface area (Å²) in [5.74, 6) is 0.720. The molecule has 7 nitrogen and oxygen atoms in total. The van der Waals surface area contributed by atoms with Crippen molar-refractivity contribution in [3.8, 4) is 0 Å². The highest BCUT2D eigenvalue weighted by Crippen LogP contribution is 2.20. The molecule has 24 heavy (non-hydrogen) atoms. The van der Waals surface area contributed by atoms with Crippen LogP contribution in [0.2, 0.25) is 0 Å². The monoisotopic (exact) mass is 333 g/mol. The number of likely N-dealkylation sites (tertiary alicyclic amines) is 1. The Balaban J connectivity index is 1.84. The number of hydrogen-bond donors (Lipinski definition) is 1. The van der Waals surface area contributed by atoms with Crippen molar-refractivity contribution in [3.63, 3.8) is 0 Å². The van der Waals surface area contributed by atoms with Crippen LogP contribution in [-0.4, -0.2) is 71.4 Å². The van der Waals surface area contributed by atoms with Crippen LogP contribution in [0.5, 0.6) is 0 Å². The van der Waals surface area contributed by atoms with Crippen LogP contribution in [0.4, 0.5) is 0 Å². The first-order valence-corrected chi connectivity index (χ1v) is 8.41. The van der Waals surface area contributed by atoms with Crippen LogP contribution in [0, 0.1) is 13.8 Å². The highest BCUT2D eigenvalue weighted by molar-refractivity contribution is 5.94. The van der Waals surface area contributed by atoms with E-state index in [0.29, 0.717) is 30.0 Å². The Morgan fingerprint density at radius 2 is 2.17 bits per heavy atom. The Morgan fingerprint density at radius 1 is 1.42 bits per heavy atom. The zero-order valence-corrected chi connectivity index (χ0v) is 15.0. The maximum Gasteiger partial charge on any atom is 0.254 e. The van der Waals surface area contributed by atoms with Gasteiger partial charge < -0.3 is 15.1 Å². The lowest BCUT2D eigenvalue weighted by Gasteiger charge is -2.26. The predicted molar refractivity (Wildman–Crippen MR) is 91.7 cm³/mol. The van der Waals surface area contributed by atoms with Crippen LogP contribution >= 0.6 is 0 Å². The van der Waals surface area contributed by atoms with Crippen LogP contribution in [0.15, 0.2) is 6.20 Å². The maximum absolute atomic E-state index is 12.2. The lowest BCUT2D eigenvalue weighted by Crippen LogP contribution is -2.40. The summed E-state index contributed by atoms with van der Waals surface area (Å²) < 4.78 is 0. The summed E-state index contributed by atoms with van der Waals surface area (Å²) in [7, 11) is 4.00. The fourth-order valence-corrected chi connectivity index (χ4v) is 2.96. The summed E-state index contributed by atoms with van der Waals surface area (Å²) in [6, 6.07) is 0.216. The van der Waals surface area contributed by atoms with Gasteiger partial charge in [-0.1, -0.05) is 0 Å². The number of aromatic nitrogens is 2. The molecular formula is C17H27N5O2. The minimum Gasteiger partial charge on any atom is -0.352 e. The molecule has 1 N–H and O–H groups in total. The number of likely N-dealkylation sites (N-methyl/N-ethyl adjacent to an activating group) is 1. The molecule has 1 aromatic heterocycles. The van der Waals surface area contributed by atoms with Gasteiger partial charge in [0.2, 0.25) is 5.91 Å². The first kappa shape index (κ1) is 18.3. The number of hydrogen-bond acceptors (Lipinski definition) is 5. The number of nitrogens with zero attached hydrogens (tertiary/aromatic N) is 4. The smallest absolute Gasteiger partial charge is 0.254 e. The van der Waals surface area contributed by atoms with Gasteiger partial charge in [-0.3, -0.25) is 9.59 Å². The molecule has 1 atom stereocenters. The lowest BCUT2D eigenvalue weighted by molar-refractivity contribution is -0.129. The topological polar surface area (TPSA) is 78.4 Å². The Kier molecular flexibility index (Phi) is 6.25. The summed E-state index contributed by atoms with van der Waals surface area (Å²) in [4.78, 5) is 36.5. The molecule has 1 aliphatic heterocycles. The first-order valence-electron chi connectivity index (χ1n) is 8.41. The third-order valence-electron chi connectivity index (χ3n) is 4.35. The largest absolute Gasteiger partial charge is 0.352 e. The Bertz CT molecular complexity index is 603. The van der Waals surface area contributed by atoms with Gasteiger partial charge in [-0.2, -0.15) is 0 Å². The van der Waals surface area contributed by atoms with Crippen molar-refractivity contribution in [3.05, 3.63) is 23.3 Å². The normalized spacial score (nSPS) is 17.6. The highest BCUT2D eigenvalue weighted by atomic mass is 16.2. The standard InChI is InChI=1S/C17H27N5O2/c1-12-15(11-19-13(2)20-12)17(24)18-8-7-14-5-6-16(23)22(14)10-9-21(3)4/h11,14H,5-10H2,1-4H3,(H,18,24)/t14-/m1/s1. The zero-order chi connectivity index (χ0) is 17.7. The van der Waals surface area contributed by atoms with Gasteiger partial charge in [-0.05, 0) is 40.8 Å². The number of carbonyl (C=O) groups is 2. The van der Waals surface area contributed by atoms with E-state index in [1.165, 1.54) is 0 Å². The molecule has 2 rings (SSSR count). The van der Waals surface area contributed by atoms with Crippen molar-refractivity contribution in [2.75, 3.05) is 33.7 Å². The van der Waals surface area contributed by atoms with E-state index in [1.54, 1.807) is 13.1 Å². The number of amides is 2. The van der Waals surface area contributed by atoms with Crippen LogP contribution in [-0.2, 0) is 4.79 Å². The number of aryl methyl sites for hydroxylation is 2.